The maximum absolute atomic E-state index is 12.8. The minimum Gasteiger partial charge on any atom is -0.385 e. The number of primary amides is 1. The van der Waals surface area contributed by atoms with Gasteiger partial charge in [-0.1, -0.05) is 32.0 Å². The van der Waals surface area contributed by atoms with Gasteiger partial charge in [-0.2, -0.15) is 0 Å². The number of sulfonamides is 1. The van der Waals surface area contributed by atoms with E-state index in [2.05, 4.69) is 60.1 Å². The Kier molecular flexibility index (Phi) is 9.72. The summed E-state index contributed by atoms with van der Waals surface area (Å²) in [5.41, 5.74) is 12.2. The number of nitrogens with zero attached hydrogens (tertiary/aromatic N) is 2. The van der Waals surface area contributed by atoms with Gasteiger partial charge in [0.1, 0.15) is 0 Å². The Morgan fingerprint density at radius 3 is 2.50 bits per heavy atom. The number of methoxy groups -OCH3 is 1. The quantitative estimate of drug-likeness (QED) is 0.308. The molecule has 2 unspecified atom stereocenters. The molecule has 0 radical (unpaired) electrons. The first-order valence-corrected chi connectivity index (χ1v) is 16.9. The Morgan fingerprint density at radius 2 is 1.81 bits per heavy atom. The van der Waals surface area contributed by atoms with Crippen LogP contribution in [0.15, 0.2) is 42.6 Å². The van der Waals surface area contributed by atoms with Crippen molar-refractivity contribution >= 4 is 26.8 Å². The molecule has 2 atom stereocenters. The van der Waals surface area contributed by atoms with Gasteiger partial charge in [0.15, 0.2) is 0 Å². The van der Waals surface area contributed by atoms with E-state index in [0.29, 0.717) is 38.0 Å². The molecule has 1 aromatic heterocycles. The summed E-state index contributed by atoms with van der Waals surface area (Å²) in [5, 5.41) is 1.09. The fourth-order valence-corrected chi connectivity index (χ4v) is 8.66. The molecule has 8 nitrogen and oxygen atoms in total. The number of carbonyl (C=O) groups excluding carboxylic acids is 1. The average molecular weight is 595 g/mol. The van der Waals surface area contributed by atoms with Crippen molar-refractivity contribution in [3.63, 3.8) is 0 Å². The third kappa shape index (κ3) is 7.25. The van der Waals surface area contributed by atoms with Gasteiger partial charge in [-0.15, -0.1) is 0 Å². The van der Waals surface area contributed by atoms with E-state index >= 15 is 0 Å². The minimum absolute atomic E-state index is 0.118. The summed E-state index contributed by atoms with van der Waals surface area (Å²) in [5.74, 6) is 1.41. The molecule has 42 heavy (non-hydrogen) atoms. The van der Waals surface area contributed by atoms with Crippen LogP contribution in [0.4, 0.5) is 0 Å². The van der Waals surface area contributed by atoms with Crippen molar-refractivity contribution in [1.29, 1.82) is 0 Å². The molecule has 3 N–H and O–H groups in total. The third-order valence-corrected chi connectivity index (χ3v) is 10.9. The Labute approximate surface area is 250 Å². The number of hydrogen-bond acceptors (Lipinski definition) is 5. The van der Waals surface area contributed by atoms with E-state index in [4.69, 9.17) is 10.5 Å². The molecule has 228 valence electrons. The Balaban J connectivity index is 1.40. The highest BCUT2D eigenvalue weighted by atomic mass is 32.2. The molecule has 0 saturated carbocycles. The number of nitrogens with two attached hydrogens (primary N) is 1. The summed E-state index contributed by atoms with van der Waals surface area (Å²) in [6, 6.07) is 13.1. The summed E-state index contributed by atoms with van der Waals surface area (Å²) >= 11 is 0. The van der Waals surface area contributed by atoms with Crippen molar-refractivity contribution in [2.24, 2.45) is 17.6 Å². The molecule has 0 spiro atoms. The van der Waals surface area contributed by atoms with Gasteiger partial charge >= 0.3 is 0 Å². The molecule has 0 aliphatic carbocycles. The second-order valence-electron chi connectivity index (χ2n) is 12.6. The number of hydrogen-bond donors (Lipinski definition) is 2. The molecule has 3 aromatic rings. The zero-order chi connectivity index (χ0) is 29.9. The number of fused-ring (bicyclic) bond motifs is 1. The highest BCUT2D eigenvalue weighted by molar-refractivity contribution is 7.89. The zero-order valence-electron chi connectivity index (χ0n) is 25.3. The van der Waals surface area contributed by atoms with E-state index < -0.39 is 10.0 Å². The molecule has 5 rings (SSSR count). The van der Waals surface area contributed by atoms with Crippen molar-refractivity contribution in [3.05, 3.63) is 59.3 Å². The zero-order valence-corrected chi connectivity index (χ0v) is 26.1. The van der Waals surface area contributed by atoms with Gasteiger partial charge in [0.25, 0.3) is 0 Å². The second kappa shape index (κ2) is 13.3. The van der Waals surface area contributed by atoms with Crippen molar-refractivity contribution in [2.75, 3.05) is 45.6 Å². The smallest absolute Gasteiger partial charge is 0.221 e. The summed E-state index contributed by atoms with van der Waals surface area (Å²) < 4.78 is 32.3. The van der Waals surface area contributed by atoms with Gasteiger partial charge in [0.2, 0.25) is 15.9 Å². The first-order chi connectivity index (χ1) is 20.1. The third-order valence-electron chi connectivity index (χ3n) is 8.92. The fraction of sp³-hybridized carbons (Fsp3) is 0.545. The number of amides is 1. The normalized spacial score (nSPS) is 21.2. The van der Waals surface area contributed by atoms with Gasteiger partial charge in [-0.05, 0) is 89.5 Å². The van der Waals surface area contributed by atoms with E-state index in [0.717, 1.165) is 60.1 Å². The number of aromatic amines is 1. The molecule has 0 bridgehead atoms. The SMILES string of the molecule is COCCCS(=O)(=O)N1CCC(c2c[nH]c3c(CC(N)=O)cc(-c4cccc(CN5CC(C)CC(C)C5)c4)cc23)CC1. The number of carbonyl (C=O) groups is 1. The Morgan fingerprint density at radius 1 is 1.07 bits per heavy atom. The van der Waals surface area contributed by atoms with Crippen molar-refractivity contribution in [1.82, 2.24) is 14.2 Å². The first kappa shape index (κ1) is 30.7. The second-order valence-corrected chi connectivity index (χ2v) is 14.7. The van der Waals surface area contributed by atoms with Gasteiger partial charge < -0.3 is 15.5 Å². The highest BCUT2D eigenvalue weighted by Gasteiger charge is 2.30. The van der Waals surface area contributed by atoms with E-state index in [1.54, 1.807) is 11.4 Å². The van der Waals surface area contributed by atoms with Crippen LogP contribution in [-0.4, -0.2) is 74.2 Å². The van der Waals surface area contributed by atoms with Crippen LogP contribution in [0.1, 0.15) is 62.1 Å². The number of nitrogens with one attached hydrogen (secondary N) is 1. The lowest BCUT2D eigenvalue weighted by Gasteiger charge is -2.35. The van der Waals surface area contributed by atoms with Crippen LogP contribution in [-0.2, 0) is 32.5 Å². The predicted molar refractivity (Wildman–Crippen MR) is 169 cm³/mol. The number of rotatable bonds is 11. The average Bonchev–Trinajstić information content (AvgIpc) is 3.37. The van der Waals surface area contributed by atoms with Gasteiger partial charge in [-0.25, -0.2) is 12.7 Å². The molecular formula is C33H46N4O4S. The first-order valence-electron chi connectivity index (χ1n) is 15.3. The van der Waals surface area contributed by atoms with Crippen LogP contribution in [0.2, 0.25) is 0 Å². The van der Waals surface area contributed by atoms with Crippen molar-refractivity contribution in [3.8, 4) is 11.1 Å². The van der Waals surface area contributed by atoms with Crippen LogP contribution in [0.3, 0.4) is 0 Å². The molecule has 2 fully saturated rings. The number of benzene rings is 2. The lowest BCUT2D eigenvalue weighted by molar-refractivity contribution is -0.117. The highest BCUT2D eigenvalue weighted by Crippen LogP contribution is 2.37. The van der Waals surface area contributed by atoms with E-state index in [-0.39, 0.29) is 24.0 Å². The maximum atomic E-state index is 12.8. The molecular weight excluding hydrogens is 548 g/mol. The lowest BCUT2D eigenvalue weighted by Crippen LogP contribution is -2.39. The van der Waals surface area contributed by atoms with Crippen LogP contribution >= 0.6 is 0 Å². The predicted octanol–water partition coefficient (Wildman–Crippen LogP) is 4.89. The molecule has 1 amide bonds. The monoisotopic (exact) mass is 594 g/mol. The molecule has 9 heteroatoms. The lowest BCUT2D eigenvalue weighted by atomic mass is 9.88. The molecule has 2 aliphatic heterocycles. The van der Waals surface area contributed by atoms with E-state index in [1.807, 2.05) is 6.20 Å². The van der Waals surface area contributed by atoms with Crippen LogP contribution in [0.5, 0.6) is 0 Å². The molecule has 3 heterocycles. The summed E-state index contributed by atoms with van der Waals surface area (Å²) in [6.07, 6.45) is 5.51. The topological polar surface area (TPSA) is 109 Å². The molecule has 2 aromatic carbocycles. The number of H-pyrrole nitrogens is 1. The Hall–Kier alpha value is -2.72. The van der Waals surface area contributed by atoms with E-state index in [1.165, 1.54) is 17.5 Å². The van der Waals surface area contributed by atoms with Crippen molar-refractivity contribution < 1.29 is 17.9 Å². The minimum atomic E-state index is -3.28. The van der Waals surface area contributed by atoms with Gasteiger partial charge in [-0.3, -0.25) is 9.69 Å². The largest absolute Gasteiger partial charge is 0.385 e. The summed E-state index contributed by atoms with van der Waals surface area (Å²) in [4.78, 5) is 18.0. The number of likely N-dealkylation sites (tertiary alicyclic amines) is 1. The number of aromatic nitrogens is 1. The summed E-state index contributed by atoms with van der Waals surface area (Å²) in [7, 11) is -1.69. The Bertz CT molecular complexity index is 1480. The fourth-order valence-electron chi connectivity index (χ4n) is 7.15. The standard InChI is InChI=1S/C33H46N4O4S/c1-23-14-24(2)21-36(20-23)22-25-6-4-7-27(15-25)28-16-29(18-32(34)38)33-30(17-28)31(19-35-33)26-8-10-37(11-9-26)42(39,40)13-5-12-41-3/h4,6-7,15-17,19,23-24,26,35H,5,8-14,18,20-22H2,1-3H3,(H2,34,38). The van der Waals surface area contributed by atoms with Crippen LogP contribution < -0.4 is 5.73 Å². The molecule has 2 aliphatic rings. The van der Waals surface area contributed by atoms with Crippen LogP contribution in [0, 0.1) is 11.8 Å². The number of piperidine rings is 2. The van der Waals surface area contributed by atoms with Gasteiger partial charge in [0, 0.05) is 63.5 Å². The number of ether oxygens (including phenoxy) is 1. The summed E-state index contributed by atoms with van der Waals surface area (Å²) in [6.45, 7) is 9.34. The molecule has 2 saturated heterocycles. The maximum Gasteiger partial charge on any atom is 0.221 e. The van der Waals surface area contributed by atoms with Crippen molar-refractivity contribution in [2.45, 2.75) is 58.4 Å². The van der Waals surface area contributed by atoms with Crippen LogP contribution in [0.25, 0.3) is 22.0 Å². The van der Waals surface area contributed by atoms with Gasteiger partial charge in [0.05, 0.1) is 12.2 Å². The van der Waals surface area contributed by atoms with E-state index in [9.17, 15) is 13.2 Å².